The summed E-state index contributed by atoms with van der Waals surface area (Å²) in [5, 5.41) is 1.55. The van der Waals surface area contributed by atoms with Gasteiger partial charge in [0.1, 0.15) is 5.75 Å². The molecule has 1 heterocycles. The Morgan fingerprint density at radius 3 is 2.31 bits per heavy atom. The average Bonchev–Trinajstić information content (AvgIpc) is 3.23. The monoisotopic (exact) mass is 426 g/mol. The molecule has 0 spiro atoms. The van der Waals surface area contributed by atoms with E-state index in [0.29, 0.717) is 5.75 Å². The summed E-state index contributed by atoms with van der Waals surface area (Å²) in [6.07, 6.45) is 0. The van der Waals surface area contributed by atoms with E-state index in [4.69, 9.17) is 4.74 Å². The average molecular weight is 426 g/mol. The lowest BCUT2D eigenvalue weighted by atomic mass is 10.1. The smallest absolute Gasteiger partial charge is 0.263 e. The fraction of sp³-hybridized carbons (Fsp3) is 0. The fourth-order valence-corrected chi connectivity index (χ4v) is 4.23. The second-order valence-electron chi connectivity index (χ2n) is 6.06. The van der Waals surface area contributed by atoms with Gasteiger partial charge in [0.15, 0.2) is 17.4 Å². The van der Waals surface area contributed by atoms with Crippen molar-refractivity contribution in [3.8, 4) is 22.6 Å². The van der Waals surface area contributed by atoms with Crippen LogP contribution < -0.4 is 9.46 Å². The summed E-state index contributed by atoms with van der Waals surface area (Å²) < 4.78 is 47.0. The predicted octanol–water partition coefficient (Wildman–Crippen LogP) is 5.54. The van der Waals surface area contributed by atoms with Gasteiger partial charge in [-0.2, -0.15) is 0 Å². The lowest BCUT2D eigenvalue weighted by Crippen LogP contribution is -2.13. The van der Waals surface area contributed by atoms with Crippen LogP contribution in [0.4, 0.5) is 10.2 Å². The molecule has 0 aliphatic heterocycles. The van der Waals surface area contributed by atoms with Gasteiger partial charge >= 0.3 is 0 Å². The summed E-state index contributed by atoms with van der Waals surface area (Å²) in [7, 11) is -3.93. The maximum atomic E-state index is 14.5. The standard InChI is InChI=1S/C21H15FN2O3S2/c22-19-12-18(29(25,26)24-21-13-28-14-23-21)10-11-20(19)27-17-8-6-16(7-9-17)15-4-2-1-3-5-15/h1-14,24H. The minimum atomic E-state index is -3.93. The molecule has 4 rings (SSSR count). The Balaban J connectivity index is 1.51. The van der Waals surface area contributed by atoms with E-state index in [0.717, 1.165) is 17.2 Å². The van der Waals surface area contributed by atoms with Crippen molar-refractivity contribution in [3.63, 3.8) is 0 Å². The maximum Gasteiger partial charge on any atom is 0.263 e. The first-order valence-electron chi connectivity index (χ1n) is 8.55. The first-order chi connectivity index (χ1) is 14.0. The normalized spacial score (nSPS) is 11.2. The molecular weight excluding hydrogens is 411 g/mol. The summed E-state index contributed by atoms with van der Waals surface area (Å²) in [5.41, 5.74) is 3.57. The number of benzene rings is 3. The van der Waals surface area contributed by atoms with Crippen molar-refractivity contribution in [2.75, 3.05) is 4.72 Å². The van der Waals surface area contributed by atoms with Crippen molar-refractivity contribution in [1.82, 2.24) is 4.98 Å². The van der Waals surface area contributed by atoms with Crippen molar-refractivity contribution in [1.29, 1.82) is 0 Å². The van der Waals surface area contributed by atoms with Crippen molar-refractivity contribution in [2.45, 2.75) is 4.90 Å². The molecule has 0 saturated heterocycles. The molecule has 0 atom stereocenters. The van der Waals surface area contributed by atoms with Crippen LogP contribution in [0.1, 0.15) is 0 Å². The highest BCUT2D eigenvalue weighted by molar-refractivity contribution is 7.92. The van der Waals surface area contributed by atoms with E-state index in [1.54, 1.807) is 17.5 Å². The molecule has 0 fully saturated rings. The van der Waals surface area contributed by atoms with Crippen LogP contribution in [0, 0.1) is 5.82 Å². The van der Waals surface area contributed by atoms with Crippen LogP contribution in [0.2, 0.25) is 0 Å². The number of hydrogen-bond acceptors (Lipinski definition) is 5. The first kappa shape index (κ1) is 19.1. The predicted molar refractivity (Wildman–Crippen MR) is 111 cm³/mol. The highest BCUT2D eigenvalue weighted by Crippen LogP contribution is 2.29. The second kappa shape index (κ2) is 8.02. The number of nitrogens with zero attached hydrogens (tertiary/aromatic N) is 1. The minimum Gasteiger partial charge on any atom is -0.454 e. The van der Waals surface area contributed by atoms with Crippen molar-refractivity contribution in [3.05, 3.63) is 89.5 Å². The lowest BCUT2D eigenvalue weighted by molar-refractivity contribution is 0.441. The van der Waals surface area contributed by atoms with Crippen molar-refractivity contribution in [2.24, 2.45) is 0 Å². The van der Waals surface area contributed by atoms with Gasteiger partial charge in [-0.15, -0.1) is 11.3 Å². The largest absolute Gasteiger partial charge is 0.454 e. The molecule has 0 saturated carbocycles. The maximum absolute atomic E-state index is 14.5. The van der Waals surface area contributed by atoms with Gasteiger partial charge in [0.05, 0.1) is 10.4 Å². The van der Waals surface area contributed by atoms with Crippen LogP contribution in [0.3, 0.4) is 0 Å². The van der Waals surface area contributed by atoms with Gasteiger partial charge in [0, 0.05) is 5.38 Å². The number of hydrogen-bond donors (Lipinski definition) is 1. The van der Waals surface area contributed by atoms with Crippen LogP contribution in [-0.4, -0.2) is 13.4 Å². The second-order valence-corrected chi connectivity index (χ2v) is 8.46. The molecule has 29 heavy (non-hydrogen) atoms. The highest BCUT2D eigenvalue weighted by atomic mass is 32.2. The van der Waals surface area contributed by atoms with E-state index in [9.17, 15) is 12.8 Å². The van der Waals surface area contributed by atoms with Gasteiger partial charge in [-0.1, -0.05) is 42.5 Å². The topological polar surface area (TPSA) is 68.3 Å². The summed E-state index contributed by atoms with van der Waals surface area (Å²) in [6, 6.07) is 20.5. The molecule has 0 bridgehead atoms. The van der Waals surface area contributed by atoms with Gasteiger partial charge in [0.25, 0.3) is 10.0 Å². The van der Waals surface area contributed by atoms with E-state index < -0.39 is 15.8 Å². The lowest BCUT2D eigenvalue weighted by Gasteiger charge is -2.10. The van der Waals surface area contributed by atoms with E-state index in [-0.39, 0.29) is 16.5 Å². The molecule has 1 aromatic heterocycles. The summed E-state index contributed by atoms with van der Waals surface area (Å²) >= 11 is 1.25. The molecule has 146 valence electrons. The Morgan fingerprint density at radius 1 is 0.931 bits per heavy atom. The molecule has 1 N–H and O–H groups in total. The molecule has 0 aliphatic rings. The molecular formula is C21H15FN2O3S2. The number of nitrogens with one attached hydrogen (secondary N) is 1. The number of rotatable bonds is 6. The van der Waals surface area contributed by atoms with Crippen LogP contribution in [0.15, 0.2) is 88.6 Å². The third-order valence-electron chi connectivity index (χ3n) is 4.07. The molecule has 0 radical (unpaired) electrons. The molecule has 3 aromatic carbocycles. The summed E-state index contributed by atoms with van der Waals surface area (Å²) in [5.74, 6) is -0.211. The van der Waals surface area contributed by atoms with E-state index >= 15 is 0 Å². The number of anilines is 1. The van der Waals surface area contributed by atoms with Gasteiger partial charge in [-0.3, -0.25) is 4.72 Å². The first-order valence-corrected chi connectivity index (χ1v) is 11.0. The number of sulfonamides is 1. The van der Waals surface area contributed by atoms with Gasteiger partial charge in [-0.25, -0.2) is 17.8 Å². The Kier molecular flexibility index (Phi) is 5.28. The Morgan fingerprint density at radius 2 is 1.66 bits per heavy atom. The minimum absolute atomic E-state index is 0.0648. The molecule has 8 heteroatoms. The van der Waals surface area contributed by atoms with Gasteiger partial charge in [0.2, 0.25) is 0 Å². The molecule has 5 nitrogen and oxygen atoms in total. The zero-order valence-corrected chi connectivity index (χ0v) is 16.6. The van der Waals surface area contributed by atoms with E-state index in [2.05, 4.69) is 9.71 Å². The Hall–Kier alpha value is -3.23. The van der Waals surface area contributed by atoms with E-state index in [1.807, 2.05) is 42.5 Å². The SMILES string of the molecule is O=S(=O)(Nc1cscn1)c1ccc(Oc2ccc(-c3ccccc3)cc2)c(F)c1. The number of aromatic nitrogens is 1. The van der Waals surface area contributed by atoms with Crippen LogP contribution in [-0.2, 0) is 10.0 Å². The summed E-state index contributed by atoms with van der Waals surface area (Å²) in [6.45, 7) is 0. The third kappa shape index (κ3) is 4.44. The quantitative estimate of drug-likeness (QED) is 0.439. The number of halogens is 1. The Bertz CT molecular complexity index is 1210. The van der Waals surface area contributed by atoms with Crippen LogP contribution in [0.5, 0.6) is 11.5 Å². The van der Waals surface area contributed by atoms with Crippen molar-refractivity contribution >= 4 is 27.2 Å². The fourth-order valence-electron chi connectivity index (χ4n) is 2.66. The van der Waals surface area contributed by atoms with Gasteiger partial charge in [-0.05, 0) is 41.5 Å². The van der Waals surface area contributed by atoms with Crippen molar-refractivity contribution < 1.29 is 17.5 Å². The number of thiazole rings is 1. The third-order valence-corrected chi connectivity index (χ3v) is 6.01. The van der Waals surface area contributed by atoms with Gasteiger partial charge < -0.3 is 4.74 Å². The Labute approximate surface area is 171 Å². The van der Waals surface area contributed by atoms with Crippen LogP contribution in [0.25, 0.3) is 11.1 Å². The highest BCUT2D eigenvalue weighted by Gasteiger charge is 2.18. The summed E-state index contributed by atoms with van der Waals surface area (Å²) in [4.78, 5) is 3.65. The molecule has 4 aromatic rings. The molecule has 0 aliphatic carbocycles. The zero-order chi connectivity index (χ0) is 20.3. The molecule has 0 amide bonds. The molecule has 0 unspecified atom stereocenters. The number of ether oxygens (including phenoxy) is 1. The van der Waals surface area contributed by atoms with Crippen LogP contribution >= 0.6 is 11.3 Å². The van der Waals surface area contributed by atoms with E-state index in [1.165, 1.54) is 29.0 Å². The zero-order valence-electron chi connectivity index (χ0n) is 14.9.